The van der Waals surface area contributed by atoms with Crippen LogP contribution in [0.5, 0.6) is 0 Å². The van der Waals surface area contributed by atoms with Gasteiger partial charge in [0.05, 0.1) is 0 Å². The smallest absolute Gasteiger partial charge is 0.100 e. The van der Waals surface area contributed by atoms with Gasteiger partial charge in [-0.1, -0.05) is 12.7 Å². The van der Waals surface area contributed by atoms with E-state index in [1.54, 1.807) is 6.08 Å². The first kappa shape index (κ1) is 8.32. The molecule has 1 rings (SSSR count). The largest absolute Gasteiger partial charge is 0.384 e. The molecule has 0 fully saturated rings. The van der Waals surface area contributed by atoms with Crippen molar-refractivity contribution in [2.75, 3.05) is 0 Å². The molecule has 0 amide bonds. The average Bonchev–Trinajstić information content (AvgIpc) is 2.07. The van der Waals surface area contributed by atoms with Crippen molar-refractivity contribution in [2.45, 2.75) is 31.8 Å². The van der Waals surface area contributed by atoms with Gasteiger partial charge in [0.25, 0.3) is 0 Å². The molecular weight excluding hydrogens is 136 g/mol. The highest BCUT2D eigenvalue weighted by atomic mass is 16.3. The van der Waals surface area contributed by atoms with Crippen LogP contribution < -0.4 is 0 Å². The van der Waals surface area contributed by atoms with E-state index in [2.05, 4.69) is 18.4 Å². The van der Waals surface area contributed by atoms with Gasteiger partial charge in [-0.2, -0.15) is 0 Å². The van der Waals surface area contributed by atoms with Gasteiger partial charge in [-0.3, -0.25) is 0 Å². The van der Waals surface area contributed by atoms with Gasteiger partial charge in [0.1, 0.15) is 6.10 Å². The number of hydrogen-bond donors (Lipinski definition) is 1. The lowest BCUT2D eigenvalue weighted by molar-refractivity contribution is 0.251. The molecule has 0 heterocycles. The van der Waals surface area contributed by atoms with E-state index < -0.39 is 6.10 Å². The molecule has 11 heavy (non-hydrogen) atoms. The Hall–Kier alpha value is -0.780. The quantitative estimate of drug-likeness (QED) is 0.472. The number of hydrogen-bond acceptors (Lipinski definition) is 1. The molecule has 0 radical (unpaired) electrons. The highest BCUT2D eigenvalue weighted by Gasteiger charge is 2.09. The summed E-state index contributed by atoms with van der Waals surface area (Å²) in [6, 6.07) is 0. The van der Waals surface area contributed by atoms with Crippen molar-refractivity contribution in [1.82, 2.24) is 0 Å². The van der Waals surface area contributed by atoms with Gasteiger partial charge in [-0.25, -0.2) is 0 Å². The normalized spacial score (nSPS) is 19.9. The van der Waals surface area contributed by atoms with E-state index in [4.69, 9.17) is 0 Å². The topological polar surface area (TPSA) is 20.2 Å². The van der Waals surface area contributed by atoms with Crippen LogP contribution in [-0.4, -0.2) is 11.2 Å². The predicted molar refractivity (Wildman–Crippen MR) is 46.3 cm³/mol. The fourth-order valence-electron chi connectivity index (χ4n) is 1.35. The Morgan fingerprint density at radius 3 is 3.00 bits per heavy atom. The zero-order valence-electron chi connectivity index (χ0n) is 6.71. The highest BCUT2D eigenvalue weighted by molar-refractivity contribution is 5.16. The van der Waals surface area contributed by atoms with Crippen LogP contribution in [-0.2, 0) is 0 Å². The summed E-state index contributed by atoms with van der Waals surface area (Å²) < 4.78 is 0. The van der Waals surface area contributed by atoms with Crippen LogP contribution in [0, 0.1) is 0 Å². The van der Waals surface area contributed by atoms with Crippen LogP contribution in [0.15, 0.2) is 30.0 Å². The molecule has 0 saturated heterocycles. The maximum Gasteiger partial charge on any atom is 0.100 e. The van der Waals surface area contributed by atoms with Gasteiger partial charge in [0.15, 0.2) is 0 Å². The lowest BCUT2D eigenvalue weighted by Gasteiger charge is -2.14. The summed E-state index contributed by atoms with van der Waals surface area (Å²) in [6.07, 6.45) is 7.89. The second-order valence-corrected chi connectivity index (χ2v) is 2.84. The number of allylic oxidation sites excluding steroid dienone is 1. The van der Waals surface area contributed by atoms with Crippen molar-refractivity contribution in [3.63, 3.8) is 0 Å². The fraction of sp³-hybridized carbons (Fsp3) is 0.500. The van der Waals surface area contributed by atoms with Crippen LogP contribution in [0.2, 0.25) is 0 Å². The minimum absolute atomic E-state index is 0.437. The molecule has 0 aliphatic heterocycles. The predicted octanol–water partition coefficient (Wildman–Crippen LogP) is 2.19. The van der Waals surface area contributed by atoms with Crippen molar-refractivity contribution in [3.05, 3.63) is 30.0 Å². The molecule has 1 N–H and O–H groups in total. The van der Waals surface area contributed by atoms with Crippen LogP contribution in [0.4, 0.5) is 0 Å². The average molecular weight is 150 g/mol. The van der Waals surface area contributed by atoms with Gasteiger partial charge < -0.3 is 5.11 Å². The molecule has 0 bridgehead atoms. The third-order valence-corrected chi connectivity index (χ3v) is 1.98. The molecule has 0 aromatic carbocycles. The van der Waals surface area contributed by atoms with Crippen molar-refractivity contribution in [2.24, 2.45) is 0 Å². The fourth-order valence-corrected chi connectivity index (χ4v) is 1.35. The SMILES string of the molecule is C=C=C[C@@H](O)C1=CCCCC1. The summed E-state index contributed by atoms with van der Waals surface area (Å²) in [5.41, 5.74) is 3.73. The van der Waals surface area contributed by atoms with Crippen molar-refractivity contribution >= 4 is 0 Å². The van der Waals surface area contributed by atoms with Crippen molar-refractivity contribution in [1.29, 1.82) is 0 Å². The molecule has 0 aromatic heterocycles. The van der Waals surface area contributed by atoms with Gasteiger partial charge in [-0.15, -0.1) is 5.73 Å². The van der Waals surface area contributed by atoms with E-state index in [1.807, 2.05) is 0 Å². The van der Waals surface area contributed by atoms with Gasteiger partial charge in [-0.05, 0) is 37.3 Å². The molecule has 0 saturated carbocycles. The maximum atomic E-state index is 9.45. The van der Waals surface area contributed by atoms with Gasteiger partial charge in [0, 0.05) is 0 Å². The number of aliphatic hydroxyl groups excluding tert-OH is 1. The van der Waals surface area contributed by atoms with Crippen LogP contribution in [0.3, 0.4) is 0 Å². The van der Waals surface area contributed by atoms with Crippen molar-refractivity contribution < 1.29 is 5.11 Å². The van der Waals surface area contributed by atoms with Crippen LogP contribution >= 0.6 is 0 Å². The Kier molecular flexibility index (Phi) is 3.15. The lowest BCUT2D eigenvalue weighted by Crippen LogP contribution is -2.08. The number of rotatable bonds is 2. The van der Waals surface area contributed by atoms with Gasteiger partial charge in [0.2, 0.25) is 0 Å². The molecule has 1 aliphatic carbocycles. The molecule has 1 heteroatoms. The minimum atomic E-state index is -0.437. The second kappa shape index (κ2) is 4.17. The van der Waals surface area contributed by atoms with E-state index in [0.29, 0.717) is 0 Å². The molecule has 0 aromatic rings. The molecule has 1 aliphatic rings. The molecule has 1 nitrogen and oxygen atoms in total. The zero-order valence-corrected chi connectivity index (χ0v) is 6.71. The standard InChI is InChI=1S/C10H14O/c1-2-6-10(11)9-7-4-3-5-8-9/h6-7,10-11H,1,3-5,8H2/t10-/m1/s1. The lowest BCUT2D eigenvalue weighted by atomic mass is 9.95. The van der Waals surface area contributed by atoms with Crippen molar-refractivity contribution in [3.8, 4) is 0 Å². The molecule has 0 spiro atoms. The summed E-state index contributed by atoms with van der Waals surface area (Å²) in [5.74, 6) is 0. The van der Waals surface area contributed by atoms with E-state index >= 15 is 0 Å². The Balaban J connectivity index is 2.57. The Morgan fingerprint density at radius 2 is 2.45 bits per heavy atom. The highest BCUT2D eigenvalue weighted by Crippen LogP contribution is 2.20. The molecule has 60 valence electrons. The summed E-state index contributed by atoms with van der Waals surface area (Å²) >= 11 is 0. The summed E-state index contributed by atoms with van der Waals surface area (Å²) in [5, 5.41) is 9.45. The first-order valence-corrected chi connectivity index (χ1v) is 4.07. The molecule has 1 atom stereocenters. The van der Waals surface area contributed by atoms with Gasteiger partial charge >= 0.3 is 0 Å². The third-order valence-electron chi connectivity index (χ3n) is 1.98. The third kappa shape index (κ3) is 2.38. The maximum absolute atomic E-state index is 9.45. The first-order chi connectivity index (χ1) is 5.34. The molecule has 0 unspecified atom stereocenters. The summed E-state index contributed by atoms with van der Waals surface area (Å²) in [7, 11) is 0. The van der Waals surface area contributed by atoms with E-state index in [0.717, 1.165) is 18.4 Å². The monoisotopic (exact) mass is 150 g/mol. The Morgan fingerprint density at radius 1 is 1.64 bits per heavy atom. The second-order valence-electron chi connectivity index (χ2n) is 2.84. The van der Waals surface area contributed by atoms with Crippen LogP contribution in [0.1, 0.15) is 25.7 Å². The number of aliphatic hydroxyl groups is 1. The Labute approximate surface area is 67.7 Å². The summed E-state index contributed by atoms with van der Waals surface area (Å²) in [6.45, 7) is 3.43. The van der Waals surface area contributed by atoms with E-state index in [9.17, 15) is 5.11 Å². The minimum Gasteiger partial charge on any atom is -0.384 e. The summed E-state index contributed by atoms with van der Waals surface area (Å²) in [4.78, 5) is 0. The van der Waals surface area contributed by atoms with E-state index in [1.165, 1.54) is 12.8 Å². The zero-order chi connectivity index (χ0) is 8.10. The molecular formula is C10H14O. The van der Waals surface area contributed by atoms with E-state index in [-0.39, 0.29) is 0 Å². The Bertz CT molecular complexity index is 197. The van der Waals surface area contributed by atoms with Crippen LogP contribution in [0.25, 0.3) is 0 Å². The first-order valence-electron chi connectivity index (χ1n) is 4.07.